The number of hydrogen-bond acceptors (Lipinski definition) is 5. The molecule has 0 aliphatic carbocycles. The summed E-state index contributed by atoms with van der Waals surface area (Å²) < 4.78 is 1.72. The molecule has 1 fully saturated rings. The molecule has 6 nitrogen and oxygen atoms in total. The molecule has 0 spiro atoms. The van der Waals surface area contributed by atoms with Gasteiger partial charge in [0.1, 0.15) is 0 Å². The Hall–Kier alpha value is -2.34. The Balaban J connectivity index is 1.58. The topological polar surface area (TPSA) is 59.2 Å². The highest BCUT2D eigenvalue weighted by atomic mass is 15.3. The largest absolute Gasteiger partial charge is 0.287 e. The molecule has 0 saturated carbocycles. The highest BCUT2D eigenvalue weighted by Gasteiger charge is 2.27. The standard InChI is InChI=1S/C15H16N6/c1-2-7-16-12(5-1)13-6-3-9-20(13)11-14-18-15-17-8-4-10-21(15)19-14/h1-2,4-5,7-8,10,13H,3,6,9,11H2. The lowest BCUT2D eigenvalue weighted by molar-refractivity contribution is 0.238. The van der Waals surface area contributed by atoms with E-state index in [1.165, 1.54) is 6.42 Å². The lowest BCUT2D eigenvalue weighted by Gasteiger charge is -2.22. The van der Waals surface area contributed by atoms with E-state index in [0.717, 1.165) is 31.0 Å². The Morgan fingerprint density at radius 2 is 2.10 bits per heavy atom. The number of hydrogen-bond donors (Lipinski definition) is 0. The lowest BCUT2D eigenvalue weighted by Crippen LogP contribution is -2.24. The Morgan fingerprint density at radius 3 is 2.95 bits per heavy atom. The molecular weight excluding hydrogens is 264 g/mol. The average Bonchev–Trinajstić information content (AvgIpc) is 3.14. The van der Waals surface area contributed by atoms with Crippen molar-refractivity contribution in [2.24, 2.45) is 0 Å². The van der Waals surface area contributed by atoms with Crippen LogP contribution in [0.15, 0.2) is 42.9 Å². The van der Waals surface area contributed by atoms with Gasteiger partial charge in [-0.2, -0.15) is 4.98 Å². The van der Waals surface area contributed by atoms with Gasteiger partial charge in [0, 0.05) is 18.6 Å². The number of aromatic nitrogens is 5. The van der Waals surface area contributed by atoms with Crippen molar-refractivity contribution in [1.82, 2.24) is 29.5 Å². The van der Waals surface area contributed by atoms with Crippen molar-refractivity contribution in [2.45, 2.75) is 25.4 Å². The smallest absolute Gasteiger partial charge is 0.252 e. The SMILES string of the molecule is c1ccc(C2CCCN2Cc2nc3ncccn3n2)nc1. The Labute approximate surface area is 122 Å². The summed E-state index contributed by atoms with van der Waals surface area (Å²) >= 11 is 0. The van der Waals surface area contributed by atoms with Crippen LogP contribution in [0, 0.1) is 0 Å². The van der Waals surface area contributed by atoms with Crippen molar-refractivity contribution < 1.29 is 0 Å². The number of pyridine rings is 1. The monoisotopic (exact) mass is 280 g/mol. The Bertz CT molecular complexity index is 705. The normalized spacial score (nSPS) is 19.3. The van der Waals surface area contributed by atoms with Crippen molar-refractivity contribution in [1.29, 1.82) is 0 Å². The number of nitrogens with zero attached hydrogens (tertiary/aromatic N) is 6. The Morgan fingerprint density at radius 1 is 1.14 bits per heavy atom. The van der Waals surface area contributed by atoms with Gasteiger partial charge in [-0.3, -0.25) is 9.88 Å². The predicted molar refractivity (Wildman–Crippen MR) is 77.4 cm³/mol. The van der Waals surface area contributed by atoms with Crippen LogP contribution in [0.3, 0.4) is 0 Å². The van der Waals surface area contributed by atoms with Crippen LogP contribution in [-0.2, 0) is 6.54 Å². The van der Waals surface area contributed by atoms with E-state index in [1.54, 1.807) is 10.7 Å². The van der Waals surface area contributed by atoms with Gasteiger partial charge in [-0.05, 0) is 37.6 Å². The zero-order valence-electron chi connectivity index (χ0n) is 11.6. The second kappa shape index (κ2) is 5.21. The minimum Gasteiger partial charge on any atom is -0.287 e. The van der Waals surface area contributed by atoms with E-state index in [1.807, 2.05) is 30.6 Å². The molecule has 1 aliphatic rings. The first-order valence-corrected chi connectivity index (χ1v) is 7.21. The molecule has 21 heavy (non-hydrogen) atoms. The number of fused-ring (bicyclic) bond motifs is 1. The van der Waals surface area contributed by atoms with E-state index in [9.17, 15) is 0 Å². The fourth-order valence-corrected chi connectivity index (χ4v) is 2.95. The second-order valence-corrected chi connectivity index (χ2v) is 5.28. The van der Waals surface area contributed by atoms with Gasteiger partial charge in [-0.25, -0.2) is 9.50 Å². The molecule has 4 rings (SSSR count). The summed E-state index contributed by atoms with van der Waals surface area (Å²) in [6.07, 6.45) is 7.80. The first kappa shape index (κ1) is 12.4. The van der Waals surface area contributed by atoms with Gasteiger partial charge in [0.2, 0.25) is 0 Å². The van der Waals surface area contributed by atoms with Crippen LogP contribution >= 0.6 is 0 Å². The van der Waals surface area contributed by atoms with Crippen LogP contribution in [0.2, 0.25) is 0 Å². The molecule has 0 N–H and O–H groups in total. The maximum absolute atomic E-state index is 4.50. The molecule has 0 radical (unpaired) electrons. The zero-order valence-corrected chi connectivity index (χ0v) is 11.6. The summed E-state index contributed by atoms with van der Waals surface area (Å²) in [5.41, 5.74) is 1.14. The fourth-order valence-electron chi connectivity index (χ4n) is 2.95. The van der Waals surface area contributed by atoms with Gasteiger partial charge in [-0.15, -0.1) is 5.10 Å². The van der Waals surface area contributed by atoms with Gasteiger partial charge >= 0.3 is 0 Å². The van der Waals surface area contributed by atoms with E-state index in [-0.39, 0.29) is 0 Å². The van der Waals surface area contributed by atoms with Crippen molar-refractivity contribution in [3.05, 3.63) is 54.4 Å². The minimum atomic E-state index is 0.366. The van der Waals surface area contributed by atoms with Gasteiger partial charge in [0.25, 0.3) is 5.78 Å². The summed E-state index contributed by atoms with van der Waals surface area (Å²) in [6, 6.07) is 8.33. The third-order valence-corrected chi connectivity index (χ3v) is 3.90. The van der Waals surface area contributed by atoms with Crippen LogP contribution in [0.5, 0.6) is 0 Å². The molecular formula is C15H16N6. The molecule has 0 aromatic carbocycles. The maximum atomic E-state index is 4.50. The van der Waals surface area contributed by atoms with Crippen molar-refractivity contribution in [3.8, 4) is 0 Å². The van der Waals surface area contributed by atoms with E-state index >= 15 is 0 Å². The van der Waals surface area contributed by atoms with Crippen LogP contribution in [0.4, 0.5) is 0 Å². The molecule has 3 aromatic heterocycles. The summed E-state index contributed by atoms with van der Waals surface area (Å²) in [7, 11) is 0. The Kier molecular flexibility index (Phi) is 3.08. The van der Waals surface area contributed by atoms with Crippen molar-refractivity contribution >= 4 is 5.78 Å². The molecule has 4 heterocycles. The van der Waals surface area contributed by atoms with Crippen LogP contribution in [0.1, 0.15) is 30.4 Å². The first-order chi connectivity index (χ1) is 10.4. The third-order valence-electron chi connectivity index (χ3n) is 3.90. The number of rotatable bonds is 3. The highest BCUT2D eigenvalue weighted by molar-refractivity contribution is 5.25. The molecule has 3 aromatic rings. The zero-order chi connectivity index (χ0) is 14.1. The van der Waals surface area contributed by atoms with E-state index in [0.29, 0.717) is 11.8 Å². The van der Waals surface area contributed by atoms with Gasteiger partial charge in [0.15, 0.2) is 5.82 Å². The predicted octanol–water partition coefficient (Wildman–Crippen LogP) is 1.86. The molecule has 1 aliphatic heterocycles. The fraction of sp³-hybridized carbons (Fsp3) is 0.333. The van der Waals surface area contributed by atoms with E-state index < -0.39 is 0 Å². The molecule has 1 atom stereocenters. The van der Waals surface area contributed by atoms with E-state index in [4.69, 9.17) is 0 Å². The second-order valence-electron chi connectivity index (χ2n) is 5.28. The molecule has 1 unspecified atom stereocenters. The third kappa shape index (κ3) is 2.38. The highest BCUT2D eigenvalue weighted by Crippen LogP contribution is 2.31. The van der Waals surface area contributed by atoms with Crippen LogP contribution in [0.25, 0.3) is 5.78 Å². The average molecular weight is 280 g/mol. The van der Waals surface area contributed by atoms with Crippen molar-refractivity contribution in [3.63, 3.8) is 0 Å². The summed E-state index contributed by atoms with van der Waals surface area (Å²) in [6.45, 7) is 1.80. The van der Waals surface area contributed by atoms with Crippen molar-refractivity contribution in [2.75, 3.05) is 6.54 Å². The van der Waals surface area contributed by atoms with Gasteiger partial charge in [-0.1, -0.05) is 6.07 Å². The summed E-state index contributed by atoms with van der Waals surface area (Å²) in [4.78, 5) is 15.6. The minimum absolute atomic E-state index is 0.366. The maximum Gasteiger partial charge on any atom is 0.252 e. The van der Waals surface area contributed by atoms with Gasteiger partial charge < -0.3 is 0 Å². The quantitative estimate of drug-likeness (QED) is 0.733. The molecule has 6 heteroatoms. The molecule has 0 amide bonds. The lowest BCUT2D eigenvalue weighted by atomic mass is 10.1. The summed E-state index contributed by atoms with van der Waals surface area (Å²) in [5, 5.41) is 4.49. The molecule has 106 valence electrons. The van der Waals surface area contributed by atoms with Crippen LogP contribution < -0.4 is 0 Å². The van der Waals surface area contributed by atoms with Crippen LogP contribution in [-0.4, -0.2) is 36.0 Å². The van der Waals surface area contributed by atoms with Gasteiger partial charge in [0.05, 0.1) is 18.3 Å². The first-order valence-electron chi connectivity index (χ1n) is 7.21. The summed E-state index contributed by atoms with van der Waals surface area (Å²) in [5.74, 6) is 1.47. The van der Waals surface area contributed by atoms with E-state index in [2.05, 4.69) is 31.0 Å². The molecule has 0 bridgehead atoms. The number of likely N-dealkylation sites (tertiary alicyclic amines) is 1. The molecule has 1 saturated heterocycles.